The first-order valence-corrected chi connectivity index (χ1v) is 7.90. The molecule has 7 heteroatoms. The second-order valence-corrected chi connectivity index (χ2v) is 5.41. The average molecular weight is 439 g/mol. The van der Waals surface area contributed by atoms with Gasteiger partial charge in [0.1, 0.15) is 5.15 Å². The van der Waals surface area contributed by atoms with Gasteiger partial charge in [-0.1, -0.05) is 17.7 Å². The number of rotatable bonds is 6. The van der Waals surface area contributed by atoms with Gasteiger partial charge in [-0.05, 0) is 37.8 Å². The van der Waals surface area contributed by atoms with Crippen LogP contribution in [0.5, 0.6) is 0 Å². The third-order valence-electron chi connectivity index (χ3n) is 3.32. The fourth-order valence-corrected chi connectivity index (χ4v) is 2.31. The second-order valence-electron chi connectivity index (χ2n) is 5.02. The van der Waals surface area contributed by atoms with Gasteiger partial charge in [-0.3, -0.25) is 4.99 Å². The highest BCUT2D eigenvalue weighted by atomic mass is 127. The standard InChI is InChI=1S/C15H23ClN4O.HI/c1-2-17-15(20-11-13-4-3-9-21-13)18-8-7-12-5-6-14(16)19-10-12;/h5-6,10,13H,2-4,7-9,11H2,1H3,(H2,17,18,20);1H. The van der Waals surface area contributed by atoms with Crippen molar-refractivity contribution in [2.45, 2.75) is 32.3 Å². The lowest BCUT2D eigenvalue weighted by molar-refractivity contribution is 0.117. The Bertz CT molecular complexity index is 449. The largest absolute Gasteiger partial charge is 0.376 e. The van der Waals surface area contributed by atoms with Crippen LogP contribution in [0.4, 0.5) is 0 Å². The van der Waals surface area contributed by atoms with Crippen LogP contribution in [0, 0.1) is 0 Å². The SMILES string of the molecule is CCNC(=NCC1CCCO1)NCCc1ccc(Cl)nc1.I. The second kappa shape index (κ2) is 11.0. The molecule has 124 valence electrons. The van der Waals surface area contributed by atoms with Gasteiger partial charge in [0.05, 0.1) is 12.6 Å². The number of nitrogens with one attached hydrogen (secondary N) is 2. The molecule has 2 rings (SSSR count). The molecule has 2 heterocycles. The lowest BCUT2D eigenvalue weighted by Crippen LogP contribution is -2.39. The van der Waals surface area contributed by atoms with E-state index in [4.69, 9.17) is 16.3 Å². The van der Waals surface area contributed by atoms with Gasteiger partial charge in [0.2, 0.25) is 0 Å². The van der Waals surface area contributed by atoms with Crippen molar-refractivity contribution < 1.29 is 4.74 Å². The Balaban J connectivity index is 0.00000242. The van der Waals surface area contributed by atoms with E-state index in [1.807, 2.05) is 12.1 Å². The van der Waals surface area contributed by atoms with E-state index in [1.165, 1.54) is 0 Å². The van der Waals surface area contributed by atoms with E-state index in [-0.39, 0.29) is 30.1 Å². The predicted molar refractivity (Wildman–Crippen MR) is 101 cm³/mol. The van der Waals surface area contributed by atoms with Gasteiger partial charge >= 0.3 is 0 Å². The Morgan fingerprint density at radius 1 is 1.45 bits per heavy atom. The summed E-state index contributed by atoms with van der Waals surface area (Å²) in [6.07, 6.45) is 5.23. The molecule has 1 aromatic rings. The number of aliphatic imine (C=N–C) groups is 1. The topological polar surface area (TPSA) is 58.5 Å². The molecule has 1 atom stereocenters. The molecule has 1 saturated heterocycles. The van der Waals surface area contributed by atoms with Crippen LogP contribution in [-0.4, -0.2) is 43.3 Å². The summed E-state index contributed by atoms with van der Waals surface area (Å²) in [7, 11) is 0. The highest BCUT2D eigenvalue weighted by Gasteiger charge is 2.14. The van der Waals surface area contributed by atoms with Gasteiger partial charge in [0, 0.05) is 25.9 Å². The maximum Gasteiger partial charge on any atom is 0.191 e. The van der Waals surface area contributed by atoms with Crippen molar-refractivity contribution in [2.75, 3.05) is 26.2 Å². The molecule has 1 aliphatic rings. The quantitative estimate of drug-likeness (QED) is 0.310. The summed E-state index contributed by atoms with van der Waals surface area (Å²) in [6.45, 7) is 5.30. The van der Waals surface area contributed by atoms with Crippen LogP contribution in [0.1, 0.15) is 25.3 Å². The number of hydrogen-bond donors (Lipinski definition) is 2. The molecule has 1 fully saturated rings. The molecule has 1 unspecified atom stereocenters. The highest BCUT2D eigenvalue weighted by molar-refractivity contribution is 14.0. The molecule has 0 radical (unpaired) electrons. The zero-order chi connectivity index (χ0) is 14.9. The van der Waals surface area contributed by atoms with Gasteiger partial charge in [-0.25, -0.2) is 4.98 Å². The summed E-state index contributed by atoms with van der Waals surface area (Å²) < 4.78 is 5.58. The molecule has 0 amide bonds. The van der Waals surface area contributed by atoms with Crippen LogP contribution in [0.15, 0.2) is 23.3 Å². The Morgan fingerprint density at radius 2 is 2.32 bits per heavy atom. The lowest BCUT2D eigenvalue weighted by atomic mass is 10.2. The zero-order valence-corrected chi connectivity index (χ0v) is 15.9. The molecule has 0 saturated carbocycles. The van der Waals surface area contributed by atoms with Crippen molar-refractivity contribution >= 4 is 41.5 Å². The number of halogens is 2. The number of hydrogen-bond acceptors (Lipinski definition) is 3. The molecule has 0 aliphatic carbocycles. The number of guanidine groups is 1. The molecule has 0 spiro atoms. The summed E-state index contributed by atoms with van der Waals surface area (Å²) in [5.41, 5.74) is 1.15. The van der Waals surface area contributed by atoms with Gasteiger partial charge < -0.3 is 15.4 Å². The van der Waals surface area contributed by atoms with E-state index in [9.17, 15) is 0 Å². The van der Waals surface area contributed by atoms with E-state index < -0.39 is 0 Å². The van der Waals surface area contributed by atoms with Crippen LogP contribution < -0.4 is 10.6 Å². The first-order chi connectivity index (χ1) is 10.3. The van der Waals surface area contributed by atoms with E-state index in [1.54, 1.807) is 6.20 Å². The maximum atomic E-state index is 5.77. The normalized spacial score (nSPS) is 17.9. The van der Waals surface area contributed by atoms with Crippen molar-refractivity contribution in [3.8, 4) is 0 Å². The van der Waals surface area contributed by atoms with E-state index >= 15 is 0 Å². The minimum atomic E-state index is 0. The Hall–Kier alpha value is -0.600. The number of ether oxygens (including phenoxy) is 1. The van der Waals surface area contributed by atoms with Crippen molar-refractivity contribution in [1.82, 2.24) is 15.6 Å². The van der Waals surface area contributed by atoms with Crippen molar-refractivity contribution in [3.63, 3.8) is 0 Å². The summed E-state index contributed by atoms with van der Waals surface area (Å²) in [5, 5.41) is 7.10. The number of nitrogens with zero attached hydrogens (tertiary/aromatic N) is 2. The molecular weight excluding hydrogens is 415 g/mol. The molecular formula is C15H24ClIN4O. The third-order valence-corrected chi connectivity index (χ3v) is 3.54. The van der Waals surface area contributed by atoms with Gasteiger partial charge in [-0.15, -0.1) is 24.0 Å². The van der Waals surface area contributed by atoms with Gasteiger partial charge in [-0.2, -0.15) is 0 Å². The molecule has 1 aliphatic heterocycles. The Kier molecular flexibility index (Phi) is 9.74. The molecule has 5 nitrogen and oxygen atoms in total. The number of aromatic nitrogens is 1. The predicted octanol–water partition coefficient (Wildman–Crippen LogP) is 2.63. The fourth-order valence-electron chi connectivity index (χ4n) is 2.20. The average Bonchev–Trinajstić information content (AvgIpc) is 3.00. The van der Waals surface area contributed by atoms with E-state index in [0.717, 1.165) is 57.0 Å². The van der Waals surface area contributed by atoms with Gasteiger partial charge in [0.25, 0.3) is 0 Å². The number of pyridine rings is 1. The molecule has 22 heavy (non-hydrogen) atoms. The molecule has 0 bridgehead atoms. The van der Waals surface area contributed by atoms with E-state index in [2.05, 4.69) is 27.5 Å². The summed E-state index contributed by atoms with van der Waals surface area (Å²) in [4.78, 5) is 8.65. The third kappa shape index (κ3) is 7.11. The first-order valence-electron chi connectivity index (χ1n) is 7.52. The minimum Gasteiger partial charge on any atom is -0.376 e. The fraction of sp³-hybridized carbons (Fsp3) is 0.600. The highest BCUT2D eigenvalue weighted by Crippen LogP contribution is 2.11. The van der Waals surface area contributed by atoms with Crippen LogP contribution in [0.3, 0.4) is 0 Å². The molecule has 2 N–H and O–H groups in total. The summed E-state index contributed by atoms with van der Waals surface area (Å²) in [6, 6.07) is 3.81. The van der Waals surface area contributed by atoms with Crippen LogP contribution in [-0.2, 0) is 11.2 Å². The minimum absolute atomic E-state index is 0. The van der Waals surface area contributed by atoms with E-state index in [0.29, 0.717) is 5.15 Å². The maximum absolute atomic E-state index is 5.77. The van der Waals surface area contributed by atoms with Crippen molar-refractivity contribution in [1.29, 1.82) is 0 Å². The molecule has 1 aromatic heterocycles. The molecule has 0 aromatic carbocycles. The van der Waals surface area contributed by atoms with Gasteiger partial charge in [0.15, 0.2) is 5.96 Å². The summed E-state index contributed by atoms with van der Waals surface area (Å²) in [5.74, 6) is 0.843. The van der Waals surface area contributed by atoms with Crippen LogP contribution >= 0.6 is 35.6 Å². The van der Waals surface area contributed by atoms with Crippen molar-refractivity contribution in [3.05, 3.63) is 29.0 Å². The van der Waals surface area contributed by atoms with Crippen LogP contribution in [0.25, 0.3) is 0 Å². The summed E-state index contributed by atoms with van der Waals surface area (Å²) >= 11 is 5.77. The first kappa shape index (κ1) is 19.4. The monoisotopic (exact) mass is 438 g/mol. The van der Waals surface area contributed by atoms with Crippen LogP contribution in [0.2, 0.25) is 5.15 Å². The smallest absolute Gasteiger partial charge is 0.191 e. The Morgan fingerprint density at radius 3 is 2.95 bits per heavy atom. The van der Waals surface area contributed by atoms with Crippen molar-refractivity contribution in [2.24, 2.45) is 4.99 Å². The Labute approximate surface area is 154 Å². The zero-order valence-electron chi connectivity index (χ0n) is 12.8. The lowest BCUT2D eigenvalue weighted by Gasteiger charge is -2.12.